The van der Waals surface area contributed by atoms with E-state index >= 15 is 0 Å². The monoisotopic (exact) mass is 248 g/mol. The summed E-state index contributed by atoms with van der Waals surface area (Å²) in [6.07, 6.45) is 0. The molecule has 2 heteroatoms. The van der Waals surface area contributed by atoms with E-state index in [1.54, 1.807) is 24.3 Å². The van der Waals surface area contributed by atoms with Crippen molar-refractivity contribution in [1.82, 2.24) is 0 Å². The molecule has 0 amide bonds. The lowest BCUT2D eigenvalue weighted by Crippen LogP contribution is -2.01. The van der Waals surface area contributed by atoms with E-state index in [1.165, 1.54) is 0 Å². The fourth-order valence-corrected chi connectivity index (χ4v) is 2.23. The van der Waals surface area contributed by atoms with Gasteiger partial charge in [-0.1, -0.05) is 54.6 Å². The highest BCUT2D eigenvalue weighted by Crippen LogP contribution is 2.28. The van der Waals surface area contributed by atoms with Crippen molar-refractivity contribution in [2.24, 2.45) is 0 Å². The summed E-state index contributed by atoms with van der Waals surface area (Å²) in [6, 6.07) is 19.8. The van der Waals surface area contributed by atoms with Crippen molar-refractivity contribution in [1.29, 1.82) is 0 Å². The Labute approximate surface area is 110 Å². The molecule has 3 aromatic rings. The lowest BCUT2D eigenvalue weighted by molar-refractivity contribution is 0.104. The highest BCUT2D eigenvalue weighted by Gasteiger charge is 2.13. The summed E-state index contributed by atoms with van der Waals surface area (Å²) < 4.78 is 0. The smallest absolute Gasteiger partial charge is 0.193 e. The number of carbonyl (C=O) groups excluding carboxylic acids is 1. The van der Waals surface area contributed by atoms with Crippen LogP contribution in [-0.2, 0) is 0 Å². The molecule has 3 aromatic carbocycles. The number of rotatable bonds is 2. The van der Waals surface area contributed by atoms with Crippen LogP contribution in [0, 0.1) is 0 Å². The van der Waals surface area contributed by atoms with E-state index in [0.717, 1.165) is 5.39 Å². The molecular formula is C17H12O2. The maximum atomic E-state index is 12.5. The second kappa shape index (κ2) is 4.58. The number of hydrogen-bond acceptors (Lipinski definition) is 2. The summed E-state index contributed by atoms with van der Waals surface area (Å²) in [6.45, 7) is 0. The highest BCUT2D eigenvalue weighted by molar-refractivity contribution is 6.17. The third kappa shape index (κ3) is 1.97. The third-order valence-corrected chi connectivity index (χ3v) is 3.18. The van der Waals surface area contributed by atoms with Gasteiger partial charge in [0.25, 0.3) is 0 Å². The van der Waals surface area contributed by atoms with E-state index in [-0.39, 0.29) is 11.5 Å². The van der Waals surface area contributed by atoms with Gasteiger partial charge < -0.3 is 5.11 Å². The number of hydrogen-bond donors (Lipinski definition) is 1. The van der Waals surface area contributed by atoms with Gasteiger partial charge in [0, 0.05) is 16.5 Å². The lowest BCUT2D eigenvalue weighted by atomic mass is 9.97. The van der Waals surface area contributed by atoms with Crippen molar-refractivity contribution in [3.05, 3.63) is 77.9 Å². The van der Waals surface area contributed by atoms with Crippen LogP contribution in [0.1, 0.15) is 15.9 Å². The Bertz CT molecular complexity index is 746. The van der Waals surface area contributed by atoms with Gasteiger partial charge >= 0.3 is 0 Å². The molecule has 3 rings (SSSR count). The number of benzene rings is 3. The summed E-state index contributed by atoms with van der Waals surface area (Å²) in [4.78, 5) is 12.5. The summed E-state index contributed by atoms with van der Waals surface area (Å²) in [5.74, 6) is 0.164. The Balaban J connectivity index is 2.22. The van der Waals surface area contributed by atoms with Crippen LogP contribution in [0.5, 0.6) is 5.75 Å². The predicted octanol–water partition coefficient (Wildman–Crippen LogP) is 3.78. The van der Waals surface area contributed by atoms with E-state index < -0.39 is 0 Å². The van der Waals surface area contributed by atoms with Gasteiger partial charge in [-0.25, -0.2) is 0 Å². The molecule has 0 unspecified atom stereocenters. The Hall–Kier alpha value is -2.61. The number of fused-ring (bicyclic) bond motifs is 1. The van der Waals surface area contributed by atoms with Crippen LogP contribution < -0.4 is 0 Å². The number of phenols is 1. The van der Waals surface area contributed by atoms with E-state index in [1.807, 2.05) is 42.5 Å². The van der Waals surface area contributed by atoms with Gasteiger partial charge in [0.15, 0.2) is 5.78 Å². The minimum absolute atomic E-state index is 0.0307. The third-order valence-electron chi connectivity index (χ3n) is 3.18. The van der Waals surface area contributed by atoms with Crippen LogP contribution in [-0.4, -0.2) is 10.9 Å². The molecule has 0 heterocycles. The molecular weight excluding hydrogens is 236 g/mol. The van der Waals surface area contributed by atoms with Crippen molar-refractivity contribution < 1.29 is 9.90 Å². The lowest BCUT2D eigenvalue weighted by Gasteiger charge is -2.07. The first kappa shape index (κ1) is 11.5. The molecule has 2 nitrogen and oxygen atoms in total. The fourth-order valence-electron chi connectivity index (χ4n) is 2.23. The molecule has 0 aliphatic rings. The quantitative estimate of drug-likeness (QED) is 0.701. The number of carbonyl (C=O) groups is 1. The van der Waals surface area contributed by atoms with Crippen LogP contribution in [0.4, 0.5) is 0 Å². The Kier molecular flexibility index (Phi) is 2.76. The number of ketones is 1. The molecule has 0 bridgehead atoms. The van der Waals surface area contributed by atoms with E-state index in [9.17, 15) is 9.90 Å². The zero-order chi connectivity index (χ0) is 13.2. The van der Waals surface area contributed by atoms with Crippen LogP contribution in [0.25, 0.3) is 10.8 Å². The van der Waals surface area contributed by atoms with Crippen molar-refractivity contribution in [2.45, 2.75) is 0 Å². The summed E-state index contributed by atoms with van der Waals surface area (Å²) in [5, 5.41) is 11.3. The zero-order valence-corrected chi connectivity index (χ0v) is 10.2. The van der Waals surface area contributed by atoms with Crippen molar-refractivity contribution >= 4 is 16.6 Å². The zero-order valence-electron chi connectivity index (χ0n) is 10.2. The van der Waals surface area contributed by atoms with Crippen LogP contribution >= 0.6 is 0 Å². The van der Waals surface area contributed by atoms with Gasteiger partial charge in [-0.05, 0) is 17.5 Å². The molecule has 0 spiro atoms. The van der Waals surface area contributed by atoms with Gasteiger partial charge in [-0.3, -0.25) is 4.79 Å². The Morgan fingerprint density at radius 3 is 2.11 bits per heavy atom. The summed E-state index contributed by atoms with van der Waals surface area (Å²) in [7, 11) is 0. The number of aromatic hydroxyl groups is 1. The molecule has 19 heavy (non-hydrogen) atoms. The largest absolute Gasteiger partial charge is 0.507 e. The van der Waals surface area contributed by atoms with Crippen LogP contribution in [0.2, 0.25) is 0 Å². The molecule has 0 fully saturated rings. The van der Waals surface area contributed by atoms with Gasteiger partial charge in [0.1, 0.15) is 5.75 Å². The second-order valence-electron chi connectivity index (χ2n) is 4.37. The molecule has 0 saturated carbocycles. The van der Waals surface area contributed by atoms with E-state index in [4.69, 9.17) is 0 Å². The molecule has 0 radical (unpaired) electrons. The van der Waals surface area contributed by atoms with Gasteiger partial charge in [0.2, 0.25) is 0 Å². The average molecular weight is 248 g/mol. The normalized spacial score (nSPS) is 10.5. The summed E-state index contributed by atoms with van der Waals surface area (Å²) >= 11 is 0. The first-order chi connectivity index (χ1) is 9.27. The van der Waals surface area contributed by atoms with Gasteiger partial charge in [-0.2, -0.15) is 0 Å². The SMILES string of the molecule is O=C(c1ccccc1)c1ccc(O)c2ccccc12. The van der Waals surface area contributed by atoms with Crippen LogP contribution in [0.15, 0.2) is 66.7 Å². The molecule has 0 aliphatic heterocycles. The second-order valence-corrected chi connectivity index (χ2v) is 4.37. The molecule has 1 N–H and O–H groups in total. The average Bonchev–Trinajstić information content (AvgIpc) is 2.48. The Morgan fingerprint density at radius 2 is 1.37 bits per heavy atom. The van der Waals surface area contributed by atoms with Crippen molar-refractivity contribution in [2.75, 3.05) is 0 Å². The highest BCUT2D eigenvalue weighted by atomic mass is 16.3. The topological polar surface area (TPSA) is 37.3 Å². The first-order valence-corrected chi connectivity index (χ1v) is 6.08. The fraction of sp³-hybridized carbons (Fsp3) is 0. The standard InChI is InChI=1S/C17H12O2/c18-16-11-10-15(13-8-4-5-9-14(13)16)17(19)12-6-2-1-3-7-12/h1-11,18H. The van der Waals surface area contributed by atoms with Crippen molar-refractivity contribution in [3.63, 3.8) is 0 Å². The molecule has 0 atom stereocenters. The maximum absolute atomic E-state index is 12.5. The predicted molar refractivity (Wildman–Crippen MR) is 75.5 cm³/mol. The van der Waals surface area contributed by atoms with Gasteiger partial charge in [0.05, 0.1) is 0 Å². The molecule has 0 aliphatic carbocycles. The molecule has 92 valence electrons. The molecule has 0 saturated heterocycles. The van der Waals surface area contributed by atoms with E-state index in [2.05, 4.69) is 0 Å². The van der Waals surface area contributed by atoms with Gasteiger partial charge in [-0.15, -0.1) is 0 Å². The Morgan fingerprint density at radius 1 is 0.737 bits per heavy atom. The molecule has 0 aromatic heterocycles. The first-order valence-electron chi connectivity index (χ1n) is 6.08. The summed E-state index contributed by atoms with van der Waals surface area (Å²) in [5.41, 5.74) is 1.26. The maximum Gasteiger partial charge on any atom is 0.193 e. The van der Waals surface area contributed by atoms with Crippen molar-refractivity contribution in [3.8, 4) is 5.75 Å². The minimum Gasteiger partial charge on any atom is -0.507 e. The number of phenolic OH excluding ortho intramolecular Hbond substituents is 1. The van der Waals surface area contributed by atoms with E-state index in [0.29, 0.717) is 16.5 Å². The minimum atomic E-state index is -0.0307. The van der Waals surface area contributed by atoms with Crippen LogP contribution in [0.3, 0.4) is 0 Å².